The van der Waals surface area contributed by atoms with Crippen LogP contribution in [0.2, 0.25) is 0 Å². The molecule has 2 aromatic carbocycles. The lowest BCUT2D eigenvalue weighted by atomic mass is 10.0. The number of carbonyl (C=O) groups excluding carboxylic acids is 3. The highest BCUT2D eigenvalue weighted by Crippen LogP contribution is 2.21. The van der Waals surface area contributed by atoms with Crippen molar-refractivity contribution in [3.63, 3.8) is 0 Å². The van der Waals surface area contributed by atoms with Gasteiger partial charge in [0.1, 0.15) is 23.0 Å². The molecule has 0 radical (unpaired) electrons. The molecule has 1 unspecified atom stereocenters. The summed E-state index contributed by atoms with van der Waals surface area (Å²) in [7, 11) is 0. The van der Waals surface area contributed by atoms with Gasteiger partial charge in [0.25, 0.3) is 0 Å². The number of amides is 3. The van der Waals surface area contributed by atoms with Crippen LogP contribution in [0.3, 0.4) is 0 Å². The molecule has 3 amide bonds. The van der Waals surface area contributed by atoms with Crippen LogP contribution in [0, 0.1) is 5.82 Å². The van der Waals surface area contributed by atoms with E-state index in [0.29, 0.717) is 18.4 Å². The molecule has 44 heavy (non-hydrogen) atoms. The van der Waals surface area contributed by atoms with E-state index in [4.69, 9.17) is 4.74 Å². The summed E-state index contributed by atoms with van der Waals surface area (Å²) in [5.41, 5.74) is -0.795. The van der Waals surface area contributed by atoms with E-state index in [9.17, 15) is 28.7 Å². The number of aromatic nitrogens is 2. The van der Waals surface area contributed by atoms with Gasteiger partial charge in [0.05, 0.1) is 6.33 Å². The first-order valence-corrected chi connectivity index (χ1v) is 13.8. The summed E-state index contributed by atoms with van der Waals surface area (Å²) in [6.07, 6.45) is 3.29. The average Bonchev–Trinajstić information content (AvgIpc) is 3.35. The van der Waals surface area contributed by atoms with Gasteiger partial charge in [-0.2, -0.15) is 0 Å². The predicted octanol–water partition coefficient (Wildman–Crippen LogP) is 5.08. The molecule has 1 aromatic heterocycles. The Morgan fingerprint density at radius 2 is 1.64 bits per heavy atom. The van der Waals surface area contributed by atoms with Gasteiger partial charge in [0, 0.05) is 6.20 Å². The summed E-state index contributed by atoms with van der Waals surface area (Å²) in [6, 6.07) is 12.5. The topological polar surface area (TPSA) is 152 Å². The molecule has 0 saturated heterocycles. The average molecular weight is 612 g/mol. The SMILES string of the molecule is C.CC(C)(C)OC(=O)NC(C)(C)C(=O)N[C@H](CCCc1ccccc1)C(=O)Nc1cn(C(C(=O)O)c2ccc(F)cc2)cn1. The lowest BCUT2D eigenvalue weighted by Gasteiger charge is -2.29. The number of halogens is 1. The van der Waals surface area contributed by atoms with E-state index in [1.807, 2.05) is 30.3 Å². The summed E-state index contributed by atoms with van der Waals surface area (Å²) >= 11 is 0. The highest BCUT2D eigenvalue weighted by Gasteiger charge is 2.34. The molecule has 0 aliphatic heterocycles. The second-order valence-corrected chi connectivity index (χ2v) is 11.6. The molecule has 0 bridgehead atoms. The number of hydrogen-bond acceptors (Lipinski definition) is 6. The molecule has 0 aliphatic carbocycles. The second kappa shape index (κ2) is 15.1. The van der Waals surface area contributed by atoms with Crippen LogP contribution in [-0.2, 0) is 25.5 Å². The summed E-state index contributed by atoms with van der Waals surface area (Å²) in [4.78, 5) is 55.1. The standard InChI is InChI=1S/C31H38FN5O6.CH4/c1-30(2,3)43-29(42)36-31(4,5)28(41)34-23(13-9-12-20-10-7-6-8-11-20)26(38)35-24-18-37(19-33-24)25(27(39)40)21-14-16-22(32)17-15-21;/h6-8,10-11,14-19,23,25H,9,12-13H2,1-5H3,(H,34,41)(H,35,38)(H,36,42)(H,39,40);1H4/t23-,25?;/m1./s1. The summed E-state index contributed by atoms with van der Waals surface area (Å²) in [5, 5.41) is 17.7. The molecule has 4 N–H and O–H groups in total. The maximum atomic E-state index is 13.4. The number of nitrogens with zero attached hydrogens (tertiary/aromatic N) is 2. The van der Waals surface area contributed by atoms with Crippen LogP contribution in [-0.4, -0.2) is 55.7 Å². The number of alkyl carbamates (subject to hydrolysis) is 1. The van der Waals surface area contributed by atoms with E-state index in [1.165, 1.54) is 43.1 Å². The quantitative estimate of drug-likeness (QED) is 0.223. The van der Waals surface area contributed by atoms with Crippen LogP contribution in [0.4, 0.5) is 15.0 Å². The number of carbonyl (C=O) groups is 4. The van der Waals surface area contributed by atoms with E-state index in [0.717, 1.165) is 17.7 Å². The van der Waals surface area contributed by atoms with E-state index >= 15 is 0 Å². The molecule has 12 heteroatoms. The monoisotopic (exact) mass is 611 g/mol. The van der Waals surface area contributed by atoms with Gasteiger partial charge in [-0.25, -0.2) is 19.0 Å². The van der Waals surface area contributed by atoms with Gasteiger partial charge in [0.15, 0.2) is 11.9 Å². The molecule has 238 valence electrons. The fraction of sp³-hybridized carbons (Fsp3) is 0.406. The van der Waals surface area contributed by atoms with Gasteiger partial charge in [-0.15, -0.1) is 0 Å². The van der Waals surface area contributed by atoms with Gasteiger partial charge in [-0.3, -0.25) is 9.59 Å². The lowest BCUT2D eigenvalue weighted by molar-refractivity contribution is -0.139. The first kappa shape index (κ1) is 35.5. The number of benzene rings is 2. The van der Waals surface area contributed by atoms with Crippen LogP contribution in [0.5, 0.6) is 0 Å². The van der Waals surface area contributed by atoms with Crippen molar-refractivity contribution < 1.29 is 33.4 Å². The minimum absolute atomic E-state index is 0. The minimum atomic E-state index is -1.41. The summed E-state index contributed by atoms with van der Waals surface area (Å²) in [6.45, 7) is 8.09. The lowest BCUT2D eigenvalue weighted by Crippen LogP contribution is -2.58. The van der Waals surface area contributed by atoms with Crippen molar-refractivity contribution in [2.24, 2.45) is 0 Å². The second-order valence-electron chi connectivity index (χ2n) is 11.6. The molecule has 0 fully saturated rings. The van der Waals surface area contributed by atoms with Crippen LogP contribution < -0.4 is 16.0 Å². The number of aryl methyl sites for hydroxylation is 1. The Kier molecular flexibility index (Phi) is 12.2. The molecule has 1 heterocycles. The maximum absolute atomic E-state index is 13.4. The van der Waals surface area contributed by atoms with Crippen molar-refractivity contribution >= 4 is 29.7 Å². The van der Waals surface area contributed by atoms with Gasteiger partial charge >= 0.3 is 12.1 Å². The van der Waals surface area contributed by atoms with Crippen LogP contribution >= 0.6 is 0 Å². The number of anilines is 1. The summed E-state index contributed by atoms with van der Waals surface area (Å²) in [5.74, 6) is -2.82. The first-order chi connectivity index (χ1) is 20.1. The fourth-order valence-corrected chi connectivity index (χ4v) is 4.22. The Hall–Kier alpha value is -4.74. The molecular weight excluding hydrogens is 569 g/mol. The molecule has 11 nitrogen and oxygen atoms in total. The van der Waals surface area contributed by atoms with Crippen LogP contribution in [0.1, 0.15) is 72.1 Å². The third-order valence-corrected chi connectivity index (χ3v) is 6.37. The number of aliphatic carboxylic acids is 1. The third kappa shape index (κ3) is 10.5. The van der Waals surface area contributed by atoms with Gasteiger partial charge < -0.3 is 30.4 Å². The minimum Gasteiger partial charge on any atom is -0.479 e. The normalized spacial score (nSPS) is 12.7. The van der Waals surface area contributed by atoms with E-state index < -0.39 is 52.9 Å². The summed E-state index contributed by atoms with van der Waals surface area (Å²) < 4.78 is 19.9. The zero-order chi connectivity index (χ0) is 31.8. The zero-order valence-corrected chi connectivity index (χ0v) is 24.9. The van der Waals surface area contributed by atoms with Crippen molar-refractivity contribution in [3.05, 3.63) is 84.1 Å². The number of ether oxygens (including phenoxy) is 1. The Morgan fingerprint density at radius 1 is 1.00 bits per heavy atom. The van der Waals surface area contributed by atoms with Crippen molar-refractivity contribution in [2.75, 3.05) is 5.32 Å². The van der Waals surface area contributed by atoms with Crippen LogP contribution in [0.15, 0.2) is 67.1 Å². The van der Waals surface area contributed by atoms with Gasteiger partial charge in [-0.1, -0.05) is 49.9 Å². The molecule has 0 aliphatic rings. The molecule has 2 atom stereocenters. The number of carboxylic acid groups (broad SMARTS) is 1. The van der Waals surface area contributed by atoms with E-state index in [1.54, 1.807) is 20.8 Å². The zero-order valence-electron chi connectivity index (χ0n) is 24.9. The van der Waals surface area contributed by atoms with Gasteiger partial charge in [-0.05, 0) is 77.1 Å². The third-order valence-electron chi connectivity index (χ3n) is 6.37. The Balaban J connectivity index is 0.00000675. The van der Waals surface area contributed by atoms with Gasteiger partial charge in [0.2, 0.25) is 11.8 Å². The number of nitrogens with one attached hydrogen (secondary N) is 3. The van der Waals surface area contributed by atoms with Crippen molar-refractivity contribution in [1.82, 2.24) is 20.2 Å². The number of carboxylic acids is 1. The Labute approximate surface area is 257 Å². The van der Waals surface area contributed by atoms with E-state index in [2.05, 4.69) is 20.9 Å². The molecule has 3 aromatic rings. The number of hydrogen-bond donors (Lipinski definition) is 4. The highest BCUT2D eigenvalue weighted by atomic mass is 19.1. The van der Waals surface area contributed by atoms with Crippen LogP contribution in [0.25, 0.3) is 0 Å². The van der Waals surface area contributed by atoms with Crippen molar-refractivity contribution in [2.45, 2.75) is 84.5 Å². The molecule has 0 saturated carbocycles. The largest absolute Gasteiger partial charge is 0.479 e. The van der Waals surface area contributed by atoms with Crippen molar-refractivity contribution in [3.8, 4) is 0 Å². The fourth-order valence-electron chi connectivity index (χ4n) is 4.22. The number of imidazole rings is 1. The van der Waals surface area contributed by atoms with Crippen molar-refractivity contribution in [1.29, 1.82) is 0 Å². The molecule has 0 spiro atoms. The molecular formula is C32H42FN5O6. The highest BCUT2D eigenvalue weighted by molar-refractivity contribution is 5.98. The predicted molar refractivity (Wildman–Crippen MR) is 165 cm³/mol. The first-order valence-electron chi connectivity index (χ1n) is 13.8. The number of rotatable bonds is 12. The molecule has 3 rings (SSSR count). The maximum Gasteiger partial charge on any atom is 0.408 e. The Bertz CT molecular complexity index is 1420. The van der Waals surface area contributed by atoms with E-state index in [-0.39, 0.29) is 19.7 Å². The smallest absolute Gasteiger partial charge is 0.408 e. The Morgan fingerprint density at radius 3 is 2.23 bits per heavy atom.